The zero-order valence-corrected chi connectivity index (χ0v) is 11.4. The van der Waals surface area contributed by atoms with Crippen molar-refractivity contribution in [3.8, 4) is 0 Å². The summed E-state index contributed by atoms with van der Waals surface area (Å²) in [5.74, 6) is 0.925. The zero-order valence-electron chi connectivity index (χ0n) is 11.4. The topological polar surface area (TPSA) is 50.8 Å². The maximum Gasteiger partial charge on any atom is 0.239 e. The molecule has 0 spiro atoms. The van der Waals surface area contributed by atoms with Gasteiger partial charge in [-0.15, -0.1) is 0 Å². The van der Waals surface area contributed by atoms with Gasteiger partial charge in [0.2, 0.25) is 5.91 Å². The van der Waals surface area contributed by atoms with Crippen molar-refractivity contribution in [3.63, 3.8) is 0 Å². The molecular formula is C13H24N2O3. The van der Waals surface area contributed by atoms with E-state index in [-0.39, 0.29) is 18.1 Å². The van der Waals surface area contributed by atoms with Crippen molar-refractivity contribution in [1.82, 2.24) is 10.2 Å². The largest absolute Gasteiger partial charge is 0.380 e. The second-order valence-electron chi connectivity index (χ2n) is 5.33. The molecule has 1 amide bonds. The average Bonchev–Trinajstić information content (AvgIpc) is 3.08. The number of ether oxygens (including phenoxy) is 2. The van der Waals surface area contributed by atoms with E-state index in [1.54, 1.807) is 12.0 Å². The van der Waals surface area contributed by atoms with Crippen LogP contribution in [0, 0.1) is 5.92 Å². The summed E-state index contributed by atoms with van der Waals surface area (Å²) in [4.78, 5) is 13.9. The van der Waals surface area contributed by atoms with Crippen LogP contribution >= 0.6 is 0 Å². The van der Waals surface area contributed by atoms with Crippen molar-refractivity contribution >= 4 is 5.91 Å². The SMILES string of the molecule is COC1CNC(C(=O)N(C)CCOCC2CC2)C1. The molecule has 1 aliphatic heterocycles. The van der Waals surface area contributed by atoms with Crippen LogP contribution in [-0.2, 0) is 14.3 Å². The molecule has 0 radical (unpaired) electrons. The van der Waals surface area contributed by atoms with E-state index in [9.17, 15) is 4.79 Å². The second-order valence-corrected chi connectivity index (χ2v) is 5.33. The molecule has 0 aromatic carbocycles. The maximum atomic E-state index is 12.1. The molecule has 1 aliphatic carbocycles. The molecule has 0 aromatic rings. The molecule has 2 fully saturated rings. The Morgan fingerprint density at radius 3 is 2.83 bits per heavy atom. The van der Waals surface area contributed by atoms with Crippen molar-refractivity contribution in [2.45, 2.75) is 31.4 Å². The van der Waals surface area contributed by atoms with E-state index < -0.39 is 0 Å². The van der Waals surface area contributed by atoms with E-state index in [4.69, 9.17) is 9.47 Å². The van der Waals surface area contributed by atoms with Gasteiger partial charge in [-0.1, -0.05) is 0 Å². The maximum absolute atomic E-state index is 12.1. The third kappa shape index (κ3) is 3.93. The van der Waals surface area contributed by atoms with Gasteiger partial charge < -0.3 is 19.7 Å². The Bertz CT molecular complexity index is 281. The summed E-state index contributed by atoms with van der Waals surface area (Å²) < 4.78 is 10.8. The zero-order chi connectivity index (χ0) is 13.0. The van der Waals surface area contributed by atoms with Crippen LogP contribution in [0.1, 0.15) is 19.3 Å². The second kappa shape index (κ2) is 6.50. The smallest absolute Gasteiger partial charge is 0.239 e. The fourth-order valence-corrected chi connectivity index (χ4v) is 2.18. The third-order valence-electron chi connectivity index (χ3n) is 3.72. The number of rotatable bonds is 7. The fraction of sp³-hybridized carbons (Fsp3) is 0.923. The number of nitrogens with one attached hydrogen (secondary N) is 1. The summed E-state index contributed by atoms with van der Waals surface area (Å²) in [7, 11) is 3.53. The highest BCUT2D eigenvalue weighted by Gasteiger charge is 2.31. The van der Waals surface area contributed by atoms with Crippen LogP contribution in [0.25, 0.3) is 0 Å². The van der Waals surface area contributed by atoms with Gasteiger partial charge in [-0.2, -0.15) is 0 Å². The van der Waals surface area contributed by atoms with Crippen LogP contribution in [0.2, 0.25) is 0 Å². The number of amides is 1. The molecule has 0 bridgehead atoms. The summed E-state index contributed by atoms with van der Waals surface area (Å²) in [6.45, 7) is 2.93. The Balaban J connectivity index is 1.61. The standard InChI is InChI=1S/C13H24N2O3/c1-15(5-6-18-9-10-3-4-10)13(16)12-7-11(17-2)8-14-12/h10-12,14H,3-9H2,1-2H3. The molecule has 0 aromatic heterocycles. The number of nitrogens with zero attached hydrogens (tertiary/aromatic N) is 1. The monoisotopic (exact) mass is 256 g/mol. The highest BCUT2D eigenvalue weighted by atomic mass is 16.5. The van der Waals surface area contributed by atoms with Crippen molar-refractivity contribution < 1.29 is 14.3 Å². The Kier molecular flexibility index (Phi) is 4.97. The van der Waals surface area contributed by atoms with Gasteiger partial charge in [0.15, 0.2) is 0 Å². The molecule has 2 aliphatic rings. The highest BCUT2D eigenvalue weighted by Crippen LogP contribution is 2.28. The lowest BCUT2D eigenvalue weighted by Crippen LogP contribution is -2.42. The minimum absolute atomic E-state index is 0.0941. The summed E-state index contributed by atoms with van der Waals surface area (Å²) in [5.41, 5.74) is 0. The Labute approximate surface area is 109 Å². The molecule has 5 heteroatoms. The van der Waals surface area contributed by atoms with Gasteiger partial charge in [-0.05, 0) is 25.2 Å². The molecular weight excluding hydrogens is 232 g/mol. The third-order valence-corrected chi connectivity index (χ3v) is 3.72. The van der Waals surface area contributed by atoms with E-state index in [2.05, 4.69) is 5.32 Å². The molecule has 2 rings (SSSR count). The number of likely N-dealkylation sites (N-methyl/N-ethyl adjacent to an activating group) is 1. The number of methoxy groups -OCH3 is 1. The molecule has 1 N–H and O–H groups in total. The predicted molar refractivity (Wildman–Crippen MR) is 68.4 cm³/mol. The highest BCUT2D eigenvalue weighted by molar-refractivity contribution is 5.82. The van der Waals surface area contributed by atoms with Gasteiger partial charge >= 0.3 is 0 Å². The molecule has 1 saturated heterocycles. The first-order valence-corrected chi connectivity index (χ1v) is 6.79. The molecule has 2 atom stereocenters. The van der Waals surface area contributed by atoms with Gasteiger partial charge in [0.05, 0.1) is 18.8 Å². The van der Waals surface area contributed by atoms with Crippen LogP contribution in [0.5, 0.6) is 0 Å². The Morgan fingerprint density at radius 2 is 2.22 bits per heavy atom. The molecule has 1 saturated carbocycles. The van der Waals surface area contributed by atoms with Crippen molar-refractivity contribution in [3.05, 3.63) is 0 Å². The van der Waals surface area contributed by atoms with Crippen molar-refractivity contribution in [1.29, 1.82) is 0 Å². The number of carbonyl (C=O) groups is 1. The normalized spacial score (nSPS) is 27.4. The van der Waals surface area contributed by atoms with Gasteiger partial charge in [-0.25, -0.2) is 0 Å². The number of hydrogen-bond donors (Lipinski definition) is 1. The first-order chi connectivity index (χ1) is 8.70. The summed E-state index contributed by atoms with van der Waals surface area (Å²) in [6, 6.07) is -0.0941. The molecule has 5 nitrogen and oxygen atoms in total. The van der Waals surface area contributed by atoms with Crippen molar-refractivity contribution in [2.24, 2.45) is 5.92 Å². The number of carbonyl (C=O) groups excluding carboxylic acids is 1. The molecule has 18 heavy (non-hydrogen) atoms. The van der Waals surface area contributed by atoms with Crippen LogP contribution in [0.4, 0.5) is 0 Å². The predicted octanol–water partition coefficient (Wildman–Crippen LogP) is 0.248. The first kappa shape index (κ1) is 13.8. The van der Waals surface area contributed by atoms with Gasteiger partial charge in [-0.3, -0.25) is 4.79 Å². The van der Waals surface area contributed by atoms with Crippen LogP contribution < -0.4 is 5.32 Å². The van der Waals surface area contributed by atoms with Crippen LogP contribution in [0.15, 0.2) is 0 Å². The van der Waals surface area contributed by atoms with Gasteiger partial charge in [0, 0.05) is 33.9 Å². The van der Waals surface area contributed by atoms with E-state index in [1.807, 2.05) is 7.05 Å². The summed E-state index contributed by atoms with van der Waals surface area (Å²) in [6.07, 6.45) is 3.54. The quantitative estimate of drug-likeness (QED) is 0.663. The average molecular weight is 256 g/mol. The lowest BCUT2D eigenvalue weighted by atomic mass is 10.2. The molecule has 104 valence electrons. The molecule has 2 unspecified atom stereocenters. The van der Waals surface area contributed by atoms with Crippen LogP contribution in [0.3, 0.4) is 0 Å². The van der Waals surface area contributed by atoms with E-state index in [1.165, 1.54) is 12.8 Å². The Morgan fingerprint density at radius 1 is 1.44 bits per heavy atom. The first-order valence-electron chi connectivity index (χ1n) is 6.79. The van der Waals surface area contributed by atoms with E-state index >= 15 is 0 Å². The minimum Gasteiger partial charge on any atom is -0.380 e. The Hall–Kier alpha value is -0.650. The lowest BCUT2D eigenvalue weighted by molar-refractivity contribution is -0.132. The lowest BCUT2D eigenvalue weighted by Gasteiger charge is -2.21. The minimum atomic E-state index is -0.0941. The summed E-state index contributed by atoms with van der Waals surface area (Å²) >= 11 is 0. The molecule has 1 heterocycles. The number of hydrogen-bond acceptors (Lipinski definition) is 4. The van der Waals surface area contributed by atoms with Crippen LogP contribution in [-0.4, -0.2) is 63.4 Å². The van der Waals surface area contributed by atoms with E-state index in [0.717, 1.165) is 25.5 Å². The van der Waals surface area contributed by atoms with Gasteiger partial charge in [0.25, 0.3) is 0 Å². The van der Waals surface area contributed by atoms with Crippen molar-refractivity contribution in [2.75, 3.05) is 40.5 Å². The summed E-state index contributed by atoms with van der Waals surface area (Å²) in [5, 5.41) is 3.20. The fourth-order valence-electron chi connectivity index (χ4n) is 2.18. The van der Waals surface area contributed by atoms with E-state index in [0.29, 0.717) is 13.2 Å². The van der Waals surface area contributed by atoms with Gasteiger partial charge in [0.1, 0.15) is 0 Å².